The summed E-state index contributed by atoms with van der Waals surface area (Å²) in [4.78, 5) is 16.6. The van der Waals surface area contributed by atoms with Gasteiger partial charge in [0.25, 0.3) is 0 Å². The number of benzene rings is 2. The molecule has 132 valence electrons. The van der Waals surface area contributed by atoms with E-state index in [1.807, 2.05) is 37.4 Å². The van der Waals surface area contributed by atoms with Gasteiger partial charge in [0, 0.05) is 25.7 Å². The number of rotatable bonds is 6. The Morgan fingerprint density at radius 3 is 2.24 bits per heavy atom. The first-order valence-electron chi connectivity index (χ1n) is 9.30. The lowest BCUT2D eigenvalue weighted by Crippen LogP contribution is -2.37. The summed E-state index contributed by atoms with van der Waals surface area (Å²) in [7, 11) is 1.86. The summed E-state index contributed by atoms with van der Waals surface area (Å²) in [6.07, 6.45) is 4.24. The molecule has 0 N–H and O–H groups in total. The van der Waals surface area contributed by atoms with Crippen molar-refractivity contribution in [2.45, 2.75) is 25.7 Å². The van der Waals surface area contributed by atoms with Crippen molar-refractivity contribution in [2.75, 3.05) is 31.6 Å². The molecule has 0 unspecified atom stereocenters. The molecule has 1 aliphatic rings. The topological polar surface area (TPSA) is 23.6 Å². The van der Waals surface area contributed by atoms with Crippen LogP contribution in [0.5, 0.6) is 0 Å². The predicted molar refractivity (Wildman–Crippen MR) is 104 cm³/mol. The Hall–Kier alpha value is -2.13. The zero-order chi connectivity index (χ0) is 17.5. The van der Waals surface area contributed by atoms with E-state index < -0.39 is 0 Å². The van der Waals surface area contributed by atoms with Crippen molar-refractivity contribution in [3.63, 3.8) is 0 Å². The second-order valence-corrected chi connectivity index (χ2v) is 7.01. The van der Waals surface area contributed by atoms with E-state index in [-0.39, 0.29) is 5.91 Å². The average Bonchev–Trinajstić information content (AvgIpc) is 2.68. The monoisotopic (exact) mass is 336 g/mol. The summed E-state index contributed by atoms with van der Waals surface area (Å²) in [5, 5.41) is 0. The van der Waals surface area contributed by atoms with E-state index in [9.17, 15) is 4.79 Å². The molecule has 1 fully saturated rings. The van der Waals surface area contributed by atoms with E-state index in [2.05, 4.69) is 35.2 Å². The van der Waals surface area contributed by atoms with E-state index in [4.69, 9.17) is 0 Å². The number of anilines is 1. The highest BCUT2D eigenvalue weighted by Gasteiger charge is 2.20. The summed E-state index contributed by atoms with van der Waals surface area (Å²) in [5.74, 6) is 0.971. The standard InChI is InChI=1S/C22H28N2O/c1-23(21-10-6-3-7-11-21)22(25)14-17-24-15-12-20(13-16-24)18-19-8-4-2-5-9-19/h2-11,20H,12-18H2,1H3. The Kier molecular flexibility index (Phi) is 6.24. The molecule has 25 heavy (non-hydrogen) atoms. The Labute approximate surface area is 151 Å². The van der Waals surface area contributed by atoms with E-state index in [0.29, 0.717) is 6.42 Å². The molecule has 0 spiro atoms. The van der Waals surface area contributed by atoms with Crippen molar-refractivity contribution in [1.29, 1.82) is 0 Å². The molecular formula is C22H28N2O. The van der Waals surface area contributed by atoms with Crippen molar-refractivity contribution in [2.24, 2.45) is 5.92 Å². The van der Waals surface area contributed by atoms with Crippen molar-refractivity contribution >= 4 is 11.6 Å². The van der Waals surface area contributed by atoms with Crippen LogP contribution in [0.25, 0.3) is 0 Å². The Bertz CT molecular complexity index is 648. The third-order valence-corrected chi connectivity index (χ3v) is 5.23. The number of piperidine rings is 1. The third-order valence-electron chi connectivity index (χ3n) is 5.23. The second-order valence-electron chi connectivity index (χ2n) is 7.01. The molecule has 1 saturated heterocycles. The van der Waals surface area contributed by atoms with Crippen molar-refractivity contribution in [3.05, 3.63) is 66.2 Å². The minimum atomic E-state index is 0.192. The van der Waals surface area contributed by atoms with Crippen LogP contribution < -0.4 is 4.90 Å². The van der Waals surface area contributed by atoms with Crippen molar-refractivity contribution in [1.82, 2.24) is 4.90 Å². The molecule has 3 rings (SSSR count). The maximum atomic E-state index is 12.4. The first-order valence-corrected chi connectivity index (χ1v) is 9.30. The van der Waals surface area contributed by atoms with E-state index >= 15 is 0 Å². The van der Waals surface area contributed by atoms with Gasteiger partial charge >= 0.3 is 0 Å². The number of carbonyl (C=O) groups excluding carboxylic acids is 1. The van der Waals surface area contributed by atoms with Gasteiger partial charge in [-0.05, 0) is 56.0 Å². The van der Waals surface area contributed by atoms with Gasteiger partial charge < -0.3 is 9.80 Å². The molecule has 0 aliphatic carbocycles. The molecule has 0 radical (unpaired) electrons. The van der Waals surface area contributed by atoms with E-state index in [0.717, 1.165) is 31.2 Å². The van der Waals surface area contributed by atoms with Gasteiger partial charge in [-0.3, -0.25) is 4.79 Å². The van der Waals surface area contributed by atoms with Gasteiger partial charge in [-0.25, -0.2) is 0 Å². The van der Waals surface area contributed by atoms with E-state index in [1.165, 1.54) is 24.8 Å². The van der Waals surface area contributed by atoms with Crippen LogP contribution in [0.1, 0.15) is 24.8 Å². The molecule has 3 heteroatoms. The van der Waals surface area contributed by atoms with Crippen LogP contribution in [0, 0.1) is 5.92 Å². The van der Waals surface area contributed by atoms with Gasteiger partial charge in [-0.15, -0.1) is 0 Å². The highest BCUT2D eigenvalue weighted by molar-refractivity contribution is 5.92. The molecule has 1 amide bonds. The SMILES string of the molecule is CN(C(=O)CCN1CCC(Cc2ccccc2)CC1)c1ccccc1. The second kappa shape index (κ2) is 8.82. The normalized spacial score (nSPS) is 15.9. The highest BCUT2D eigenvalue weighted by Crippen LogP contribution is 2.22. The maximum Gasteiger partial charge on any atom is 0.228 e. The van der Waals surface area contributed by atoms with E-state index in [1.54, 1.807) is 4.90 Å². The first-order chi connectivity index (χ1) is 12.2. The summed E-state index contributed by atoms with van der Waals surface area (Å²) < 4.78 is 0. The molecule has 1 heterocycles. The molecule has 0 saturated carbocycles. The van der Waals surface area contributed by atoms with Crippen LogP contribution in [0.15, 0.2) is 60.7 Å². The first kappa shape index (κ1) is 17.7. The summed E-state index contributed by atoms with van der Waals surface area (Å²) >= 11 is 0. The fourth-order valence-corrected chi connectivity index (χ4v) is 3.58. The Morgan fingerprint density at radius 1 is 1.00 bits per heavy atom. The van der Waals surface area contributed by atoms with Gasteiger partial charge in [-0.1, -0.05) is 48.5 Å². The summed E-state index contributed by atoms with van der Waals surface area (Å²) in [6, 6.07) is 20.7. The minimum Gasteiger partial charge on any atom is -0.315 e. The van der Waals surface area contributed by atoms with Crippen LogP contribution >= 0.6 is 0 Å². The largest absolute Gasteiger partial charge is 0.315 e. The number of likely N-dealkylation sites (tertiary alicyclic amines) is 1. The molecule has 0 atom stereocenters. The highest BCUT2D eigenvalue weighted by atomic mass is 16.2. The summed E-state index contributed by atoms with van der Waals surface area (Å²) in [5.41, 5.74) is 2.41. The molecule has 2 aromatic carbocycles. The Morgan fingerprint density at radius 2 is 1.60 bits per heavy atom. The van der Waals surface area contributed by atoms with Crippen LogP contribution in [0.4, 0.5) is 5.69 Å². The number of amides is 1. The van der Waals surface area contributed by atoms with Gasteiger partial charge in [0.05, 0.1) is 0 Å². The maximum absolute atomic E-state index is 12.4. The third kappa shape index (κ3) is 5.17. The van der Waals surface area contributed by atoms with Crippen molar-refractivity contribution < 1.29 is 4.79 Å². The number of para-hydroxylation sites is 1. The van der Waals surface area contributed by atoms with Gasteiger partial charge in [-0.2, -0.15) is 0 Å². The van der Waals surface area contributed by atoms with Gasteiger partial charge in [0.2, 0.25) is 5.91 Å². The predicted octanol–water partition coefficient (Wildman–Crippen LogP) is 3.99. The number of hydrogen-bond acceptors (Lipinski definition) is 2. The average molecular weight is 336 g/mol. The molecule has 2 aromatic rings. The van der Waals surface area contributed by atoms with Crippen LogP contribution in [-0.4, -0.2) is 37.5 Å². The lowest BCUT2D eigenvalue weighted by atomic mass is 9.90. The molecule has 3 nitrogen and oxygen atoms in total. The zero-order valence-corrected chi connectivity index (χ0v) is 15.1. The fraction of sp³-hybridized carbons (Fsp3) is 0.409. The van der Waals surface area contributed by atoms with Crippen LogP contribution in [-0.2, 0) is 11.2 Å². The smallest absolute Gasteiger partial charge is 0.228 e. The minimum absolute atomic E-state index is 0.192. The number of nitrogens with zero attached hydrogens (tertiary/aromatic N) is 2. The van der Waals surface area contributed by atoms with Gasteiger partial charge in [0.1, 0.15) is 0 Å². The molecule has 0 aromatic heterocycles. The quantitative estimate of drug-likeness (QED) is 0.796. The summed E-state index contributed by atoms with van der Waals surface area (Å²) in [6.45, 7) is 3.09. The molecular weight excluding hydrogens is 308 g/mol. The fourth-order valence-electron chi connectivity index (χ4n) is 3.58. The number of hydrogen-bond donors (Lipinski definition) is 0. The molecule has 1 aliphatic heterocycles. The Balaban J connectivity index is 1.40. The van der Waals surface area contributed by atoms with Crippen LogP contribution in [0.2, 0.25) is 0 Å². The number of carbonyl (C=O) groups is 1. The zero-order valence-electron chi connectivity index (χ0n) is 15.1. The lowest BCUT2D eigenvalue weighted by molar-refractivity contribution is -0.118. The van der Waals surface area contributed by atoms with Crippen LogP contribution in [0.3, 0.4) is 0 Å². The van der Waals surface area contributed by atoms with Gasteiger partial charge in [0.15, 0.2) is 0 Å². The lowest BCUT2D eigenvalue weighted by Gasteiger charge is -2.32. The molecule has 0 bridgehead atoms. The van der Waals surface area contributed by atoms with Crippen molar-refractivity contribution in [3.8, 4) is 0 Å².